The van der Waals surface area contributed by atoms with Crippen molar-refractivity contribution < 1.29 is 18.7 Å². The van der Waals surface area contributed by atoms with Crippen LogP contribution in [0.1, 0.15) is 10.4 Å². The average Bonchev–Trinajstić information content (AvgIpc) is 2.43. The average molecular weight is 315 g/mol. The molecule has 0 amide bonds. The van der Waals surface area contributed by atoms with Gasteiger partial charge in [0.2, 0.25) is 0 Å². The number of halogens is 3. The van der Waals surface area contributed by atoms with Crippen molar-refractivity contribution >= 4 is 29.2 Å². The third-order valence-electron chi connectivity index (χ3n) is 2.50. The van der Waals surface area contributed by atoms with E-state index in [0.29, 0.717) is 5.75 Å². The third kappa shape index (κ3) is 3.03. The molecule has 0 aliphatic carbocycles. The summed E-state index contributed by atoms with van der Waals surface area (Å²) in [5.74, 6) is -0.948. The van der Waals surface area contributed by atoms with Crippen molar-refractivity contribution in [2.45, 2.75) is 0 Å². The fourth-order valence-corrected chi connectivity index (χ4v) is 2.00. The van der Waals surface area contributed by atoms with E-state index in [2.05, 4.69) is 0 Å². The molecule has 0 fully saturated rings. The highest BCUT2D eigenvalue weighted by molar-refractivity contribution is 6.36. The van der Waals surface area contributed by atoms with E-state index in [4.69, 9.17) is 32.7 Å². The Bertz CT molecular complexity index is 659. The molecule has 2 aromatic carbocycles. The highest BCUT2D eigenvalue weighted by atomic mass is 35.5. The van der Waals surface area contributed by atoms with Gasteiger partial charge in [-0.1, -0.05) is 35.3 Å². The molecule has 0 spiro atoms. The van der Waals surface area contributed by atoms with Gasteiger partial charge in [-0.15, -0.1) is 0 Å². The normalized spacial score (nSPS) is 10.2. The Morgan fingerprint density at radius 1 is 1.10 bits per heavy atom. The van der Waals surface area contributed by atoms with Crippen LogP contribution in [0, 0.1) is 5.82 Å². The summed E-state index contributed by atoms with van der Waals surface area (Å²) in [6, 6.07) is 8.67. The molecule has 2 rings (SSSR count). The Balaban J connectivity index is 2.31. The molecule has 104 valence electrons. The van der Waals surface area contributed by atoms with E-state index in [-0.39, 0.29) is 21.4 Å². The van der Waals surface area contributed by atoms with Gasteiger partial charge >= 0.3 is 5.97 Å². The van der Waals surface area contributed by atoms with Crippen LogP contribution in [0.2, 0.25) is 10.0 Å². The molecule has 0 aliphatic rings. The molecule has 0 atom stereocenters. The maximum absolute atomic E-state index is 13.4. The van der Waals surface area contributed by atoms with Crippen LogP contribution in [-0.4, -0.2) is 13.1 Å². The molecule has 0 aliphatic heterocycles. The van der Waals surface area contributed by atoms with Gasteiger partial charge in [-0.05, 0) is 24.3 Å². The molecule has 20 heavy (non-hydrogen) atoms. The molecule has 0 aromatic heterocycles. The van der Waals surface area contributed by atoms with Gasteiger partial charge in [-0.3, -0.25) is 0 Å². The molecule has 6 heteroatoms. The van der Waals surface area contributed by atoms with Crippen molar-refractivity contribution in [3.8, 4) is 11.5 Å². The molecule has 3 nitrogen and oxygen atoms in total. The SMILES string of the molecule is COc1ccccc1OC(=O)c1cc(F)c(Cl)cc1Cl. The second-order valence-electron chi connectivity index (χ2n) is 3.79. The number of esters is 1. The first-order valence-electron chi connectivity index (χ1n) is 5.52. The number of methoxy groups -OCH3 is 1. The Morgan fingerprint density at radius 3 is 2.40 bits per heavy atom. The Labute approximate surface area is 124 Å². The van der Waals surface area contributed by atoms with Crippen LogP contribution in [0.4, 0.5) is 4.39 Å². The minimum absolute atomic E-state index is 0.0105. The lowest BCUT2D eigenvalue weighted by atomic mass is 10.2. The van der Waals surface area contributed by atoms with Crippen LogP contribution in [0.3, 0.4) is 0 Å². The molecular weight excluding hydrogens is 306 g/mol. The van der Waals surface area contributed by atoms with Gasteiger partial charge in [0.1, 0.15) is 5.82 Å². The number of rotatable bonds is 3. The third-order valence-corrected chi connectivity index (χ3v) is 3.10. The topological polar surface area (TPSA) is 35.5 Å². The number of carbonyl (C=O) groups is 1. The Hall–Kier alpha value is -1.78. The van der Waals surface area contributed by atoms with Gasteiger partial charge in [-0.25, -0.2) is 9.18 Å². The molecular formula is C14H9Cl2FO3. The molecule has 0 heterocycles. The summed E-state index contributed by atoms with van der Waals surface area (Å²) in [6.07, 6.45) is 0. The highest BCUT2D eigenvalue weighted by Gasteiger charge is 2.17. The lowest BCUT2D eigenvalue weighted by Gasteiger charge is -2.09. The van der Waals surface area contributed by atoms with Crippen molar-refractivity contribution in [3.63, 3.8) is 0 Å². The summed E-state index contributed by atoms with van der Waals surface area (Å²) in [5.41, 5.74) is -0.112. The zero-order valence-corrected chi connectivity index (χ0v) is 11.8. The zero-order chi connectivity index (χ0) is 14.7. The molecule has 0 bridgehead atoms. The summed E-state index contributed by atoms with van der Waals surface area (Å²) < 4.78 is 23.6. The lowest BCUT2D eigenvalue weighted by Crippen LogP contribution is -2.10. The van der Waals surface area contributed by atoms with E-state index in [1.54, 1.807) is 24.3 Å². The predicted molar refractivity (Wildman–Crippen MR) is 74.4 cm³/mol. The number of benzene rings is 2. The zero-order valence-electron chi connectivity index (χ0n) is 10.3. The standard InChI is InChI=1S/C14H9Cl2FO3/c1-19-12-4-2-3-5-13(12)20-14(18)8-6-11(17)10(16)7-9(8)15/h2-7H,1H3. The van der Waals surface area contributed by atoms with Gasteiger partial charge in [0.25, 0.3) is 0 Å². The molecule has 0 saturated heterocycles. The van der Waals surface area contributed by atoms with Crippen molar-refractivity contribution in [1.82, 2.24) is 0 Å². The van der Waals surface area contributed by atoms with E-state index in [1.807, 2.05) is 0 Å². The largest absolute Gasteiger partial charge is 0.493 e. The Kier molecular flexibility index (Phi) is 4.47. The first-order chi connectivity index (χ1) is 9.52. The number of hydrogen-bond donors (Lipinski definition) is 0. The maximum Gasteiger partial charge on any atom is 0.345 e. The second-order valence-corrected chi connectivity index (χ2v) is 4.60. The summed E-state index contributed by atoms with van der Waals surface area (Å²) in [7, 11) is 1.45. The van der Waals surface area contributed by atoms with Gasteiger partial charge in [0, 0.05) is 0 Å². The van der Waals surface area contributed by atoms with Crippen LogP contribution in [0.25, 0.3) is 0 Å². The first kappa shape index (κ1) is 14.6. The van der Waals surface area contributed by atoms with Crippen molar-refractivity contribution in [3.05, 3.63) is 57.8 Å². The predicted octanol–water partition coefficient (Wildman–Crippen LogP) is 4.36. The molecule has 0 unspecified atom stereocenters. The fraction of sp³-hybridized carbons (Fsp3) is 0.0714. The van der Waals surface area contributed by atoms with Crippen LogP contribution < -0.4 is 9.47 Å². The van der Waals surface area contributed by atoms with E-state index in [1.165, 1.54) is 7.11 Å². The van der Waals surface area contributed by atoms with Crippen molar-refractivity contribution in [2.75, 3.05) is 7.11 Å². The number of ether oxygens (including phenoxy) is 2. The monoisotopic (exact) mass is 314 g/mol. The van der Waals surface area contributed by atoms with Crippen molar-refractivity contribution in [2.24, 2.45) is 0 Å². The number of hydrogen-bond acceptors (Lipinski definition) is 3. The number of para-hydroxylation sites is 2. The first-order valence-corrected chi connectivity index (χ1v) is 6.28. The molecule has 0 N–H and O–H groups in total. The Morgan fingerprint density at radius 2 is 1.75 bits per heavy atom. The molecule has 0 saturated carbocycles. The minimum atomic E-state index is -0.796. The summed E-state index contributed by atoms with van der Waals surface area (Å²) in [5, 5.41) is -0.153. The van der Waals surface area contributed by atoms with Crippen LogP contribution in [0.5, 0.6) is 11.5 Å². The van der Waals surface area contributed by atoms with Crippen LogP contribution in [0.15, 0.2) is 36.4 Å². The van der Waals surface area contributed by atoms with E-state index >= 15 is 0 Å². The quantitative estimate of drug-likeness (QED) is 0.479. The van der Waals surface area contributed by atoms with Crippen LogP contribution >= 0.6 is 23.2 Å². The summed E-state index contributed by atoms with van der Waals surface area (Å²) in [4.78, 5) is 12.0. The van der Waals surface area contributed by atoms with E-state index < -0.39 is 11.8 Å². The lowest BCUT2D eigenvalue weighted by molar-refractivity contribution is 0.0729. The second kappa shape index (κ2) is 6.11. The van der Waals surface area contributed by atoms with Gasteiger partial charge < -0.3 is 9.47 Å². The number of carbonyl (C=O) groups excluding carboxylic acids is 1. The summed E-state index contributed by atoms with van der Waals surface area (Å²) in [6.45, 7) is 0. The van der Waals surface area contributed by atoms with E-state index in [9.17, 15) is 9.18 Å². The van der Waals surface area contributed by atoms with E-state index in [0.717, 1.165) is 12.1 Å². The minimum Gasteiger partial charge on any atom is -0.493 e. The van der Waals surface area contributed by atoms with Gasteiger partial charge in [-0.2, -0.15) is 0 Å². The fourth-order valence-electron chi connectivity index (χ4n) is 1.54. The van der Waals surface area contributed by atoms with Gasteiger partial charge in [0.15, 0.2) is 11.5 Å². The smallest absolute Gasteiger partial charge is 0.345 e. The van der Waals surface area contributed by atoms with Gasteiger partial charge in [0.05, 0.1) is 22.7 Å². The van der Waals surface area contributed by atoms with Crippen molar-refractivity contribution in [1.29, 1.82) is 0 Å². The summed E-state index contributed by atoms with van der Waals surface area (Å²) >= 11 is 11.4. The highest BCUT2D eigenvalue weighted by Crippen LogP contribution is 2.29. The maximum atomic E-state index is 13.4. The van der Waals surface area contributed by atoms with Crippen LogP contribution in [-0.2, 0) is 0 Å². The molecule has 2 aromatic rings. The molecule has 0 radical (unpaired) electrons.